The molecule has 0 radical (unpaired) electrons. The van der Waals surface area contributed by atoms with Gasteiger partial charge in [0.25, 0.3) is 5.91 Å². The van der Waals surface area contributed by atoms with E-state index in [9.17, 15) is 9.59 Å². The molecule has 1 aliphatic carbocycles. The normalized spacial score (nSPS) is 21.6. The first kappa shape index (κ1) is 18.6. The molecule has 0 aromatic carbocycles. The average molecular weight is 425 g/mol. The van der Waals surface area contributed by atoms with Gasteiger partial charge in [-0.1, -0.05) is 25.4 Å². The Morgan fingerprint density at radius 3 is 2.80 bits per heavy atom. The molecule has 2 aromatic rings. The predicted octanol–water partition coefficient (Wildman–Crippen LogP) is 1.84. The first-order valence-electron chi connectivity index (χ1n) is 9.35. The standard InChI is InChI=1S/C19H17ClN8O2/c1-19(2)6-11(12-8-24-27-9-14(29)26-17(27)15(12)19)18(30)25-10-5-13(20)16(21-7-10)28-22-3-4-23-28/h3-5,7-8,11H,6,9H2,1-2H3,(H,25,30). The fourth-order valence-electron chi connectivity index (χ4n) is 4.13. The zero-order chi connectivity index (χ0) is 21.0. The molecule has 2 amide bonds. The quantitative estimate of drug-likeness (QED) is 0.803. The van der Waals surface area contributed by atoms with Crippen molar-refractivity contribution in [2.45, 2.75) is 20.3 Å². The third kappa shape index (κ3) is 2.91. The Kier molecular flexibility index (Phi) is 4.07. The van der Waals surface area contributed by atoms with Gasteiger partial charge in [0, 0.05) is 5.57 Å². The Hall–Kier alpha value is -3.40. The van der Waals surface area contributed by atoms with Gasteiger partial charge < -0.3 is 5.32 Å². The molecule has 10 nitrogen and oxygen atoms in total. The molecule has 0 spiro atoms. The lowest BCUT2D eigenvalue weighted by Gasteiger charge is -2.27. The number of carbonyl (C=O) groups is 2. The number of aromatic nitrogens is 4. The van der Waals surface area contributed by atoms with E-state index in [0.29, 0.717) is 28.8 Å². The minimum Gasteiger partial charge on any atom is -0.324 e. The molecule has 1 N–H and O–H groups in total. The van der Waals surface area contributed by atoms with Crippen molar-refractivity contribution >= 4 is 41.2 Å². The third-order valence-corrected chi connectivity index (χ3v) is 5.67. The van der Waals surface area contributed by atoms with Gasteiger partial charge in [0.15, 0.2) is 11.7 Å². The Balaban J connectivity index is 1.42. The second-order valence-corrected chi connectivity index (χ2v) is 8.35. The maximum atomic E-state index is 13.1. The number of amidine groups is 1. The summed E-state index contributed by atoms with van der Waals surface area (Å²) in [6.45, 7) is 4.22. The molecule has 5 rings (SSSR count). The van der Waals surface area contributed by atoms with Crippen molar-refractivity contribution in [3.05, 3.63) is 40.8 Å². The average Bonchev–Trinajstić information content (AvgIpc) is 3.39. The van der Waals surface area contributed by atoms with Crippen molar-refractivity contribution in [2.24, 2.45) is 21.4 Å². The van der Waals surface area contributed by atoms with Crippen LogP contribution in [0, 0.1) is 11.3 Å². The Morgan fingerprint density at radius 2 is 2.07 bits per heavy atom. The zero-order valence-electron chi connectivity index (χ0n) is 16.2. The lowest BCUT2D eigenvalue weighted by Crippen LogP contribution is -2.32. The summed E-state index contributed by atoms with van der Waals surface area (Å²) in [6, 6.07) is 1.61. The van der Waals surface area contributed by atoms with Crippen molar-refractivity contribution < 1.29 is 9.59 Å². The molecule has 30 heavy (non-hydrogen) atoms. The molecule has 2 aliphatic heterocycles. The molecule has 4 heterocycles. The summed E-state index contributed by atoms with van der Waals surface area (Å²) in [5.41, 5.74) is 1.84. The number of fused-ring (bicyclic) bond motifs is 2. The van der Waals surface area contributed by atoms with E-state index >= 15 is 0 Å². The third-order valence-electron chi connectivity index (χ3n) is 5.39. The summed E-state index contributed by atoms with van der Waals surface area (Å²) >= 11 is 6.30. The summed E-state index contributed by atoms with van der Waals surface area (Å²) in [7, 11) is 0. The Morgan fingerprint density at radius 1 is 1.30 bits per heavy atom. The number of hydrogen-bond donors (Lipinski definition) is 1. The van der Waals surface area contributed by atoms with Crippen LogP contribution < -0.4 is 5.32 Å². The van der Waals surface area contributed by atoms with Gasteiger partial charge in [0.05, 0.1) is 41.4 Å². The molecule has 0 bridgehead atoms. The number of halogens is 1. The van der Waals surface area contributed by atoms with Gasteiger partial charge in [0.1, 0.15) is 6.54 Å². The first-order chi connectivity index (χ1) is 14.3. The lowest BCUT2D eigenvalue weighted by atomic mass is 9.83. The van der Waals surface area contributed by atoms with Crippen LogP contribution in [-0.2, 0) is 9.59 Å². The number of pyridine rings is 1. The largest absolute Gasteiger partial charge is 0.324 e. The SMILES string of the molecule is CC1(C)CC(C(=O)Nc2cnc(-n3nccn3)c(Cl)c2)C2=C1C1=NC(=O)CN1N=C2. The molecule has 0 saturated heterocycles. The highest BCUT2D eigenvalue weighted by Gasteiger charge is 2.48. The van der Waals surface area contributed by atoms with Gasteiger partial charge >= 0.3 is 0 Å². The molecular formula is C19H17ClN8O2. The number of nitrogens with one attached hydrogen (secondary N) is 1. The topological polar surface area (TPSA) is 118 Å². The molecule has 0 fully saturated rings. The maximum absolute atomic E-state index is 13.1. The molecule has 152 valence electrons. The van der Waals surface area contributed by atoms with Crippen molar-refractivity contribution in [1.82, 2.24) is 25.0 Å². The van der Waals surface area contributed by atoms with E-state index < -0.39 is 5.92 Å². The summed E-state index contributed by atoms with van der Waals surface area (Å²) in [5, 5.41) is 17.1. The van der Waals surface area contributed by atoms with Crippen LogP contribution in [0.25, 0.3) is 5.82 Å². The highest BCUT2D eigenvalue weighted by molar-refractivity contribution is 6.32. The van der Waals surface area contributed by atoms with Crippen LogP contribution in [0.1, 0.15) is 20.3 Å². The van der Waals surface area contributed by atoms with E-state index in [0.717, 1.165) is 11.1 Å². The summed E-state index contributed by atoms with van der Waals surface area (Å²) in [5.74, 6) is 0.0759. The van der Waals surface area contributed by atoms with Crippen molar-refractivity contribution in [3.8, 4) is 5.82 Å². The van der Waals surface area contributed by atoms with Crippen LogP contribution in [0.2, 0.25) is 5.02 Å². The zero-order valence-corrected chi connectivity index (χ0v) is 17.0. The highest BCUT2D eigenvalue weighted by Crippen LogP contribution is 2.48. The van der Waals surface area contributed by atoms with E-state index in [1.807, 2.05) is 13.8 Å². The number of hydrazone groups is 1. The lowest BCUT2D eigenvalue weighted by molar-refractivity contribution is -0.119. The molecule has 3 aliphatic rings. The highest BCUT2D eigenvalue weighted by atomic mass is 35.5. The number of carbonyl (C=O) groups excluding carboxylic acids is 2. The maximum Gasteiger partial charge on any atom is 0.269 e. The fraction of sp³-hybridized carbons (Fsp3) is 0.316. The Bertz CT molecular complexity index is 1170. The van der Waals surface area contributed by atoms with Gasteiger partial charge in [-0.15, -0.1) is 4.80 Å². The molecule has 0 saturated carbocycles. The molecule has 2 aromatic heterocycles. The summed E-state index contributed by atoms with van der Waals surface area (Å²) in [6.07, 6.45) is 6.80. The van der Waals surface area contributed by atoms with E-state index in [2.05, 4.69) is 30.6 Å². The number of nitrogens with zero attached hydrogens (tertiary/aromatic N) is 7. The summed E-state index contributed by atoms with van der Waals surface area (Å²) in [4.78, 5) is 34.6. The smallest absolute Gasteiger partial charge is 0.269 e. The van der Waals surface area contributed by atoms with E-state index in [-0.39, 0.29) is 23.8 Å². The second kappa shape index (κ2) is 6.56. The molecule has 11 heteroatoms. The molecular weight excluding hydrogens is 408 g/mol. The number of amides is 2. The van der Waals surface area contributed by atoms with Gasteiger partial charge in [-0.05, 0) is 23.5 Å². The summed E-state index contributed by atoms with van der Waals surface area (Å²) < 4.78 is 0. The van der Waals surface area contributed by atoms with Gasteiger partial charge in [-0.25, -0.2) is 9.99 Å². The van der Waals surface area contributed by atoms with E-state index in [4.69, 9.17) is 11.6 Å². The van der Waals surface area contributed by atoms with Crippen molar-refractivity contribution in [3.63, 3.8) is 0 Å². The van der Waals surface area contributed by atoms with Crippen molar-refractivity contribution in [2.75, 3.05) is 11.9 Å². The van der Waals surface area contributed by atoms with Gasteiger partial charge in [-0.3, -0.25) is 9.59 Å². The van der Waals surface area contributed by atoms with Crippen LogP contribution in [0.4, 0.5) is 5.69 Å². The van der Waals surface area contributed by atoms with Gasteiger partial charge in [0.2, 0.25) is 5.91 Å². The van der Waals surface area contributed by atoms with E-state index in [1.165, 1.54) is 23.4 Å². The van der Waals surface area contributed by atoms with Crippen molar-refractivity contribution in [1.29, 1.82) is 0 Å². The first-order valence-corrected chi connectivity index (χ1v) is 9.72. The molecule has 1 unspecified atom stereocenters. The van der Waals surface area contributed by atoms with Crippen LogP contribution in [0.3, 0.4) is 0 Å². The van der Waals surface area contributed by atoms with E-state index in [1.54, 1.807) is 17.3 Å². The van der Waals surface area contributed by atoms with Crippen LogP contribution in [-0.4, -0.2) is 55.4 Å². The second-order valence-electron chi connectivity index (χ2n) is 7.94. The number of hydrogen-bond acceptors (Lipinski definition) is 7. The van der Waals surface area contributed by atoms with Crippen LogP contribution in [0.15, 0.2) is 45.9 Å². The molecule has 1 atom stereocenters. The number of anilines is 1. The number of aliphatic imine (C=N–C) groups is 1. The number of rotatable bonds is 3. The fourth-order valence-corrected chi connectivity index (χ4v) is 4.38. The predicted molar refractivity (Wildman–Crippen MR) is 109 cm³/mol. The minimum atomic E-state index is -0.425. The van der Waals surface area contributed by atoms with Crippen LogP contribution in [0.5, 0.6) is 0 Å². The van der Waals surface area contributed by atoms with Gasteiger partial charge in [-0.2, -0.15) is 20.3 Å². The Labute approximate surface area is 176 Å². The van der Waals surface area contributed by atoms with Crippen LogP contribution >= 0.6 is 11.6 Å². The monoisotopic (exact) mass is 424 g/mol. The minimum absolute atomic E-state index is 0.136.